The highest BCUT2D eigenvalue weighted by Crippen LogP contribution is 2.19. The fourth-order valence-corrected chi connectivity index (χ4v) is 1.21. The van der Waals surface area contributed by atoms with Gasteiger partial charge in [0.05, 0.1) is 13.5 Å². The van der Waals surface area contributed by atoms with E-state index in [9.17, 15) is 14.4 Å². The summed E-state index contributed by atoms with van der Waals surface area (Å²) in [5, 5.41) is 13.7. The molecule has 7 heteroatoms. The second kappa shape index (κ2) is 6.83. The highest BCUT2D eigenvalue weighted by atomic mass is 16.5. The van der Waals surface area contributed by atoms with Gasteiger partial charge in [-0.3, -0.25) is 4.79 Å². The average Bonchev–Trinajstić information content (AvgIpc) is 2.23. The van der Waals surface area contributed by atoms with Crippen LogP contribution in [0.25, 0.3) is 0 Å². The molecule has 0 aromatic heterocycles. The van der Waals surface area contributed by atoms with Crippen molar-refractivity contribution in [1.82, 2.24) is 10.6 Å². The SMILES string of the molecule is COC(=O)CCNC(=O)NC(C(=O)O)C(C)(C)C. The van der Waals surface area contributed by atoms with Crippen LogP contribution in [0.1, 0.15) is 27.2 Å². The number of aliphatic carboxylic acids is 1. The fraction of sp³-hybridized carbons (Fsp3) is 0.727. The third-order valence-electron chi connectivity index (χ3n) is 2.23. The number of rotatable bonds is 5. The van der Waals surface area contributed by atoms with E-state index < -0.39 is 29.4 Å². The minimum absolute atomic E-state index is 0.0389. The Morgan fingerprint density at radius 3 is 2.22 bits per heavy atom. The molecule has 1 unspecified atom stereocenters. The minimum Gasteiger partial charge on any atom is -0.480 e. The van der Waals surface area contributed by atoms with E-state index in [1.54, 1.807) is 20.8 Å². The van der Waals surface area contributed by atoms with Crippen LogP contribution < -0.4 is 10.6 Å². The number of carbonyl (C=O) groups is 3. The van der Waals surface area contributed by atoms with Gasteiger partial charge in [-0.05, 0) is 5.41 Å². The monoisotopic (exact) mass is 260 g/mol. The summed E-state index contributed by atoms with van der Waals surface area (Å²) in [7, 11) is 1.25. The Morgan fingerprint density at radius 1 is 1.28 bits per heavy atom. The predicted molar refractivity (Wildman–Crippen MR) is 64.0 cm³/mol. The first-order valence-corrected chi connectivity index (χ1v) is 5.52. The Labute approximate surface area is 106 Å². The second-order valence-electron chi connectivity index (χ2n) is 4.86. The summed E-state index contributed by atoms with van der Waals surface area (Å²) in [5.41, 5.74) is -0.606. The molecule has 0 aliphatic heterocycles. The van der Waals surface area contributed by atoms with E-state index in [0.717, 1.165) is 0 Å². The summed E-state index contributed by atoms with van der Waals surface area (Å²) < 4.78 is 4.40. The van der Waals surface area contributed by atoms with Gasteiger partial charge in [-0.2, -0.15) is 0 Å². The van der Waals surface area contributed by atoms with Gasteiger partial charge in [0.2, 0.25) is 0 Å². The van der Waals surface area contributed by atoms with Crippen LogP contribution in [0.2, 0.25) is 0 Å². The molecule has 0 radical (unpaired) electrons. The van der Waals surface area contributed by atoms with E-state index in [0.29, 0.717) is 0 Å². The van der Waals surface area contributed by atoms with Crippen LogP contribution in [0.4, 0.5) is 4.79 Å². The van der Waals surface area contributed by atoms with Gasteiger partial charge in [0.25, 0.3) is 0 Å². The number of ether oxygens (including phenoxy) is 1. The van der Waals surface area contributed by atoms with Crippen LogP contribution in [-0.4, -0.2) is 42.8 Å². The van der Waals surface area contributed by atoms with Crippen LogP contribution >= 0.6 is 0 Å². The van der Waals surface area contributed by atoms with E-state index in [4.69, 9.17) is 5.11 Å². The Morgan fingerprint density at radius 2 is 1.83 bits per heavy atom. The number of nitrogens with one attached hydrogen (secondary N) is 2. The van der Waals surface area contributed by atoms with Crippen molar-refractivity contribution in [3.63, 3.8) is 0 Å². The normalized spacial score (nSPS) is 12.4. The highest BCUT2D eigenvalue weighted by Gasteiger charge is 2.32. The zero-order chi connectivity index (χ0) is 14.3. The lowest BCUT2D eigenvalue weighted by Crippen LogP contribution is -2.52. The van der Waals surface area contributed by atoms with Crippen LogP contribution in [-0.2, 0) is 14.3 Å². The maximum Gasteiger partial charge on any atom is 0.326 e. The first kappa shape index (κ1) is 16.2. The van der Waals surface area contributed by atoms with E-state index in [1.165, 1.54) is 7.11 Å². The number of esters is 1. The quantitative estimate of drug-likeness (QED) is 0.618. The van der Waals surface area contributed by atoms with Crippen molar-refractivity contribution < 1.29 is 24.2 Å². The van der Waals surface area contributed by atoms with E-state index in [2.05, 4.69) is 15.4 Å². The maximum absolute atomic E-state index is 11.4. The van der Waals surface area contributed by atoms with Gasteiger partial charge in [0.1, 0.15) is 6.04 Å². The van der Waals surface area contributed by atoms with Crippen molar-refractivity contribution in [2.75, 3.05) is 13.7 Å². The summed E-state index contributed by atoms with van der Waals surface area (Å²) >= 11 is 0. The molecule has 0 spiro atoms. The van der Waals surface area contributed by atoms with Crippen molar-refractivity contribution >= 4 is 18.0 Å². The number of amides is 2. The maximum atomic E-state index is 11.4. The first-order valence-electron chi connectivity index (χ1n) is 5.52. The van der Waals surface area contributed by atoms with Gasteiger partial charge in [0.15, 0.2) is 0 Å². The molecule has 7 nitrogen and oxygen atoms in total. The molecule has 0 aliphatic rings. The lowest BCUT2D eigenvalue weighted by molar-refractivity contribution is -0.142. The fourth-order valence-electron chi connectivity index (χ4n) is 1.21. The van der Waals surface area contributed by atoms with Crippen molar-refractivity contribution in [2.45, 2.75) is 33.2 Å². The van der Waals surface area contributed by atoms with Crippen LogP contribution in [0.15, 0.2) is 0 Å². The molecule has 2 amide bonds. The number of carboxylic acids is 1. The molecule has 0 aromatic rings. The average molecular weight is 260 g/mol. The smallest absolute Gasteiger partial charge is 0.326 e. The van der Waals surface area contributed by atoms with Gasteiger partial charge in [-0.25, -0.2) is 9.59 Å². The van der Waals surface area contributed by atoms with Gasteiger partial charge >= 0.3 is 18.0 Å². The predicted octanol–water partition coefficient (Wildman–Crippen LogP) is 0.348. The third kappa shape index (κ3) is 6.07. The van der Waals surface area contributed by atoms with Gasteiger partial charge < -0.3 is 20.5 Å². The lowest BCUT2D eigenvalue weighted by Gasteiger charge is -2.27. The number of urea groups is 1. The third-order valence-corrected chi connectivity index (χ3v) is 2.23. The second-order valence-corrected chi connectivity index (χ2v) is 4.86. The van der Waals surface area contributed by atoms with Crippen molar-refractivity contribution in [3.05, 3.63) is 0 Å². The molecule has 0 saturated carbocycles. The molecule has 0 aliphatic carbocycles. The molecule has 0 saturated heterocycles. The first-order chi connectivity index (χ1) is 8.18. The zero-order valence-corrected chi connectivity index (χ0v) is 11.1. The molecule has 0 heterocycles. The van der Waals surface area contributed by atoms with Crippen LogP contribution in [0.3, 0.4) is 0 Å². The molecule has 3 N–H and O–H groups in total. The standard InChI is InChI=1S/C11H20N2O5/c1-11(2,3)8(9(15)16)13-10(17)12-6-5-7(14)18-4/h8H,5-6H2,1-4H3,(H,15,16)(H2,12,13,17). The summed E-state index contributed by atoms with van der Waals surface area (Å²) in [6.07, 6.45) is 0.0389. The van der Waals surface area contributed by atoms with Gasteiger partial charge in [0, 0.05) is 6.54 Å². The van der Waals surface area contributed by atoms with E-state index in [-0.39, 0.29) is 13.0 Å². The topological polar surface area (TPSA) is 105 Å². The summed E-state index contributed by atoms with van der Waals surface area (Å²) in [5.74, 6) is -1.55. The number of carbonyl (C=O) groups excluding carboxylic acids is 2. The number of hydrogen-bond donors (Lipinski definition) is 3. The van der Waals surface area contributed by atoms with Crippen molar-refractivity contribution in [3.8, 4) is 0 Å². The van der Waals surface area contributed by atoms with Gasteiger partial charge in [-0.15, -0.1) is 0 Å². The van der Waals surface area contributed by atoms with E-state index in [1.807, 2.05) is 0 Å². The molecule has 18 heavy (non-hydrogen) atoms. The molecule has 0 aromatic carbocycles. The number of methoxy groups -OCH3 is 1. The summed E-state index contributed by atoms with van der Waals surface area (Å²) in [6, 6.07) is -1.63. The summed E-state index contributed by atoms with van der Waals surface area (Å²) in [4.78, 5) is 33.2. The van der Waals surface area contributed by atoms with E-state index >= 15 is 0 Å². The molecule has 0 bridgehead atoms. The minimum atomic E-state index is -1.11. The highest BCUT2D eigenvalue weighted by molar-refractivity contribution is 5.83. The Balaban J connectivity index is 4.20. The number of carboxylic acid groups (broad SMARTS) is 1. The largest absolute Gasteiger partial charge is 0.480 e. The molecule has 0 fully saturated rings. The Kier molecular flexibility index (Phi) is 6.15. The summed E-state index contributed by atoms with van der Waals surface area (Å²) in [6.45, 7) is 5.22. The molecule has 0 rings (SSSR count). The lowest BCUT2D eigenvalue weighted by atomic mass is 9.87. The Hall–Kier alpha value is -1.79. The van der Waals surface area contributed by atoms with Crippen molar-refractivity contribution in [2.24, 2.45) is 5.41 Å². The Bertz CT molecular complexity index is 322. The van der Waals surface area contributed by atoms with Crippen LogP contribution in [0.5, 0.6) is 0 Å². The number of hydrogen-bond acceptors (Lipinski definition) is 4. The van der Waals surface area contributed by atoms with Gasteiger partial charge in [-0.1, -0.05) is 20.8 Å². The van der Waals surface area contributed by atoms with Crippen molar-refractivity contribution in [1.29, 1.82) is 0 Å². The molecular weight excluding hydrogens is 240 g/mol. The molecule has 104 valence electrons. The van der Waals surface area contributed by atoms with Crippen LogP contribution in [0, 0.1) is 5.41 Å². The molecule has 1 atom stereocenters. The zero-order valence-electron chi connectivity index (χ0n) is 11.1. The molecular formula is C11H20N2O5.